The third kappa shape index (κ3) is 4.26. The van der Waals surface area contributed by atoms with E-state index in [1.165, 1.54) is 25.3 Å². The number of nitrogens with one attached hydrogen (secondary N) is 1. The lowest BCUT2D eigenvalue weighted by atomic mass is 10.1. The van der Waals surface area contributed by atoms with E-state index < -0.39 is 0 Å². The van der Waals surface area contributed by atoms with Crippen LogP contribution in [0, 0.1) is 5.82 Å². The van der Waals surface area contributed by atoms with E-state index in [9.17, 15) is 4.39 Å². The number of halogens is 1. The van der Waals surface area contributed by atoms with Crippen LogP contribution in [0.15, 0.2) is 35.9 Å². The van der Waals surface area contributed by atoms with Gasteiger partial charge in [0.2, 0.25) is 0 Å². The molecule has 1 unspecified atom stereocenters. The fourth-order valence-electron chi connectivity index (χ4n) is 2.53. The second kappa shape index (κ2) is 6.69. The van der Waals surface area contributed by atoms with E-state index >= 15 is 0 Å². The lowest BCUT2D eigenvalue weighted by Gasteiger charge is -2.14. The molecule has 0 bridgehead atoms. The Kier molecular flexibility index (Phi) is 4.94. The fourth-order valence-corrected chi connectivity index (χ4v) is 2.53. The van der Waals surface area contributed by atoms with Gasteiger partial charge in [0, 0.05) is 6.04 Å². The van der Waals surface area contributed by atoms with Gasteiger partial charge < -0.3 is 5.32 Å². The van der Waals surface area contributed by atoms with Crippen LogP contribution in [0.2, 0.25) is 0 Å². The average Bonchev–Trinajstić information content (AvgIpc) is 2.82. The summed E-state index contributed by atoms with van der Waals surface area (Å²) in [5, 5.41) is 3.51. The van der Waals surface area contributed by atoms with Gasteiger partial charge >= 0.3 is 0 Å². The fraction of sp³-hybridized carbons (Fsp3) is 0.500. The Hall–Kier alpha value is -1.15. The first kappa shape index (κ1) is 13.3. The normalized spacial score (nSPS) is 16.7. The molecule has 0 amide bonds. The number of hydrogen-bond donors (Lipinski definition) is 1. The van der Waals surface area contributed by atoms with Crippen molar-refractivity contribution in [3.05, 3.63) is 47.3 Å². The van der Waals surface area contributed by atoms with E-state index in [1.54, 1.807) is 17.7 Å². The van der Waals surface area contributed by atoms with Gasteiger partial charge in [-0.05, 0) is 63.3 Å². The summed E-state index contributed by atoms with van der Waals surface area (Å²) in [5.74, 6) is -0.143. The van der Waals surface area contributed by atoms with Gasteiger partial charge in [0.15, 0.2) is 0 Å². The molecule has 18 heavy (non-hydrogen) atoms. The molecular weight excluding hydrogens is 225 g/mol. The highest BCUT2D eigenvalue weighted by Gasteiger charge is 2.06. The topological polar surface area (TPSA) is 12.0 Å². The minimum atomic E-state index is -0.143. The molecule has 1 atom stereocenters. The Morgan fingerprint density at radius 3 is 3.00 bits per heavy atom. The lowest BCUT2D eigenvalue weighted by molar-refractivity contribution is 0.543. The predicted molar refractivity (Wildman–Crippen MR) is 74.1 cm³/mol. The first-order chi connectivity index (χ1) is 8.74. The third-order valence-corrected chi connectivity index (χ3v) is 3.50. The number of rotatable bonds is 6. The Morgan fingerprint density at radius 2 is 2.28 bits per heavy atom. The van der Waals surface area contributed by atoms with Crippen molar-refractivity contribution in [1.82, 2.24) is 5.32 Å². The zero-order valence-electron chi connectivity index (χ0n) is 11.1. The zero-order valence-corrected chi connectivity index (χ0v) is 11.1. The monoisotopic (exact) mass is 247 g/mol. The van der Waals surface area contributed by atoms with Crippen LogP contribution >= 0.6 is 0 Å². The maximum Gasteiger partial charge on any atom is 0.123 e. The van der Waals surface area contributed by atoms with Gasteiger partial charge in [0.1, 0.15) is 5.82 Å². The maximum absolute atomic E-state index is 13.0. The van der Waals surface area contributed by atoms with Crippen LogP contribution in [0.3, 0.4) is 0 Å². The molecule has 1 aromatic rings. The van der Waals surface area contributed by atoms with Crippen LogP contribution in [-0.2, 0) is 6.42 Å². The molecule has 1 aliphatic carbocycles. The molecule has 1 aliphatic rings. The predicted octanol–water partition coefficient (Wildman–Crippen LogP) is 3.85. The number of hydrogen-bond acceptors (Lipinski definition) is 1. The standard InChI is InChI=1S/C16H22FN/c1-13(11-15-7-4-8-16(17)12-15)18-10-9-14-5-2-3-6-14/h4-5,7-8,12-13,18H,2-3,6,9-11H2,1H3. The molecule has 2 heteroatoms. The van der Waals surface area contributed by atoms with Crippen molar-refractivity contribution in [2.75, 3.05) is 6.54 Å². The summed E-state index contributed by atoms with van der Waals surface area (Å²) in [6.07, 6.45) is 8.28. The van der Waals surface area contributed by atoms with Crippen molar-refractivity contribution < 1.29 is 4.39 Å². The van der Waals surface area contributed by atoms with Gasteiger partial charge in [0.25, 0.3) is 0 Å². The Balaban J connectivity index is 1.70. The summed E-state index contributed by atoms with van der Waals surface area (Å²) in [6.45, 7) is 3.19. The molecule has 1 N–H and O–H groups in total. The average molecular weight is 247 g/mol. The highest BCUT2D eigenvalue weighted by atomic mass is 19.1. The third-order valence-electron chi connectivity index (χ3n) is 3.50. The molecule has 1 aromatic carbocycles. The molecule has 0 aliphatic heterocycles. The van der Waals surface area contributed by atoms with Gasteiger partial charge in [-0.2, -0.15) is 0 Å². The van der Waals surface area contributed by atoms with Crippen molar-refractivity contribution in [3.63, 3.8) is 0 Å². The molecule has 0 saturated carbocycles. The minimum absolute atomic E-state index is 0.143. The highest BCUT2D eigenvalue weighted by Crippen LogP contribution is 2.19. The van der Waals surface area contributed by atoms with Gasteiger partial charge in [-0.25, -0.2) is 4.39 Å². The van der Waals surface area contributed by atoms with Crippen molar-refractivity contribution in [2.45, 2.75) is 45.1 Å². The molecular formula is C16H22FN. The summed E-state index contributed by atoms with van der Waals surface area (Å²) in [6, 6.07) is 7.28. The Labute approximate surface area is 109 Å². The van der Waals surface area contributed by atoms with Gasteiger partial charge in [-0.15, -0.1) is 0 Å². The van der Waals surface area contributed by atoms with Gasteiger partial charge in [-0.1, -0.05) is 23.8 Å². The van der Waals surface area contributed by atoms with E-state index in [0.717, 1.165) is 24.9 Å². The van der Waals surface area contributed by atoms with E-state index in [-0.39, 0.29) is 5.82 Å². The van der Waals surface area contributed by atoms with Crippen LogP contribution in [0.5, 0.6) is 0 Å². The summed E-state index contributed by atoms with van der Waals surface area (Å²) in [4.78, 5) is 0. The van der Waals surface area contributed by atoms with Crippen molar-refractivity contribution in [3.8, 4) is 0 Å². The first-order valence-electron chi connectivity index (χ1n) is 6.90. The van der Waals surface area contributed by atoms with Crippen molar-refractivity contribution in [1.29, 1.82) is 0 Å². The Morgan fingerprint density at radius 1 is 1.39 bits per heavy atom. The van der Waals surface area contributed by atoms with Crippen LogP contribution in [0.25, 0.3) is 0 Å². The second-order valence-electron chi connectivity index (χ2n) is 5.19. The molecule has 0 spiro atoms. The molecule has 2 rings (SSSR count). The summed E-state index contributed by atoms with van der Waals surface area (Å²) < 4.78 is 13.0. The Bertz CT molecular complexity index is 411. The molecule has 0 fully saturated rings. The van der Waals surface area contributed by atoms with E-state index in [0.29, 0.717) is 6.04 Å². The van der Waals surface area contributed by atoms with Crippen LogP contribution in [-0.4, -0.2) is 12.6 Å². The molecule has 0 heterocycles. The van der Waals surface area contributed by atoms with Gasteiger partial charge in [0.05, 0.1) is 0 Å². The number of allylic oxidation sites excluding steroid dienone is 1. The molecule has 98 valence electrons. The first-order valence-corrected chi connectivity index (χ1v) is 6.90. The zero-order chi connectivity index (χ0) is 12.8. The van der Waals surface area contributed by atoms with E-state index in [2.05, 4.69) is 18.3 Å². The molecule has 1 nitrogen and oxygen atoms in total. The van der Waals surface area contributed by atoms with E-state index in [4.69, 9.17) is 0 Å². The largest absolute Gasteiger partial charge is 0.314 e. The van der Waals surface area contributed by atoms with Crippen LogP contribution in [0.4, 0.5) is 4.39 Å². The quantitative estimate of drug-likeness (QED) is 0.753. The molecule has 0 aromatic heterocycles. The SMILES string of the molecule is CC(Cc1cccc(F)c1)NCCC1=CCCC1. The molecule has 0 saturated heterocycles. The summed E-state index contributed by atoms with van der Waals surface area (Å²) in [7, 11) is 0. The van der Waals surface area contributed by atoms with Crippen molar-refractivity contribution >= 4 is 0 Å². The summed E-state index contributed by atoms with van der Waals surface area (Å²) >= 11 is 0. The smallest absolute Gasteiger partial charge is 0.123 e. The van der Waals surface area contributed by atoms with Crippen LogP contribution < -0.4 is 5.32 Å². The summed E-state index contributed by atoms with van der Waals surface area (Å²) in [5.41, 5.74) is 2.66. The van der Waals surface area contributed by atoms with E-state index in [1.807, 2.05) is 6.07 Å². The van der Waals surface area contributed by atoms with Crippen molar-refractivity contribution in [2.24, 2.45) is 0 Å². The lowest BCUT2D eigenvalue weighted by Crippen LogP contribution is -2.29. The highest BCUT2D eigenvalue weighted by molar-refractivity contribution is 5.17. The van der Waals surface area contributed by atoms with Crippen LogP contribution in [0.1, 0.15) is 38.2 Å². The molecule has 0 radical (unpaired) electrons. The number of benzene rings is 1. The van der Waals surface area contributed by atoms with Gasteiger partial charge in [-0.3, -0.25) is 0 Å². The maximum atomic E-state index is 13.0. The minimum Gasteiger partial charge on any atom is -0.314 e. The second-order valence-corrected chi connectivity index (χ2v) is 5.19.